The molecule has 0 spiro atoms. The topological polar surface area (TPSA) is 59.0 Å². The maximum absolute atomic E-state index is 12.1. The number of rotatable bonds is 1. The lowest BCUT2D eigenvalue weighted by Gasteiger charge is -2.35. The van der Waals surface area contributed by atoms with Crippen molar-refractivity contribution in [1.82, 2.24) is 4.90 Å². The van der Waals surface area contributed by atoms with Crippen LogP contribution in [0.4, 0.5) is 4.79 Å². The number of aliphatic hydroxyl groups excluding tert-OH is 1. The van der Waals surface area contributed by atoms with E-state index in [1.54, 1.807) is 20.8 Å². The fourth-order valence-electron chi connectivity index (χ4n) is 1.85. The Kier molecular flexibility index (Phi) is 3.74. The first-order valence-corrected chi connectivity index (χ1v) is 5.89. The summed E-state index contributed by atoms with van der Waals surface area (Å²) in [7, 11) is 0. The summed E-state index contributed by atoms with van der Waals surface area (Å²) in [6, 6.07) is -0.361. The molecule has 0 aromatic rings. The molecule has 5 nitrogen and oxygen atoms in total. The normalized spacial score (nSPS) is 25.8. The minimum Gasteiger partial charge on any atom is -0.444 e. The van der Waals surface area contributed by atoms with E-state index < -0.39 is 23.5 Å². The van der Waals surface area contributed by atoms with Crippen LogP contribution in [0.25, 0.3) is 0 Å². The summed E-state index contributed by atoms with van der Waals surface area (Å²) >= 11 is 0. The molecule has 1 aliphatic heterocycles. The van der Waals surface area contributed by atoms with Gasteiger partial charge in [-0.25, -0.2) is 4.79 Å². The molecule has 0 radical (unpaired) electrons. The zero-order valence-electron chi connectivity index (χ0n) is 11.5. The maximum atomic E-state index is 12.1. The first kappa shape index (κ1) is 14.3. The summed E-state index contributed by atoms with van der Waals surface area (Å²) in [6.07, 6.45) is -1.10. The van der Waals surface area contributed by atoms with Crippen LogP contribution in [0.1, 0.15) is 41.5 Å². The smallest absolute Gasteiger partial charge is 0.412 e. The molecule has 1 saturated heterocycles. The molecule has 1 heterocycles. The molecule has 1 amide bonds. The Bertz CT molecular complexity index is 293. The second-order valence-corrected chi connectivity index (χ2v) is 5.92. The molecule has 2 atom stereocenters. The van der Waals surface area contributed by atoms with Gasteiger partial charge in [0.2, 0.25) is 0 Å². The van der Waals surface area contributed by atoms with Gasteiger partial charge in [0, 0.05) is 0 Å². The van der Waals surface area contributed by atoms with Gasteiger partial charge in [-0.1, -0.05) is 0 Å². The summed E-state index contributed by atoms with van der Waals surface area (Å²) in [5.74, 6) is 0. The van der Waals surface area contributed by atoms with Crippen molar-refractivity contribution < 1.29 is 19.4 Å². The Hall–Kier alpha value is -0.810. The predicted octanol–water partition coefficient (Wildman–Crippen LogP) is 1.74. The highest BCUT2D eigenvalue weighted by molar-refractivity contribution is 5.69. The predicted molar refractivity (Wildman–Crippen MR) is 63.6 cm³/mol. The fourth-order valence-corrected chi connectivity index (χ4v) is 1.85. The van der Waals surface area contributed by atoms with E-state index in [0.717, 1.165) is 0 Å². The van der Waals surface area contributed by atoms with Crippen molar-refractivity contribution in [3.8, 4) is 0 Å². The van der Waals surface area contributed by atoms with E-state index >= 15 is 0 Å². The Morgan fingerprint density at radius 1 is 1.53 bits per heavy atom. The van der Waals surface area contributed by atoms with Crippen molar-refractivity contribution in [2.45, 2.75) is 65.0 Å². The van der Waals surface area contributed by atoms with Gasteiger partial charge in [-0.3, -0.25) is 4.90 Å². The average Bonchev–Trinajstić information content (AvgIpc) is 2.37. The number of hydrogen-bond donors (Lipinski definition) is 1. The molecular formula is C12H23NO4. The van der Waals surface area contributed by atoms with E-state index in [-0.39, 0.29) is 6.04 Å². The minimum atomic E-state index is -0.746. The number of carbonyl (C=O) groups excluding carboxylic acids is 1. The van der Waals surface area contributed by atoms with E-state index in [2.05, 4.69) is 0 Å². The Balaban J connectivity index is 2.87. The molecule has 0 aromatic carbocycles. The standard InChI is InChI=1S/C12H23NO4/c1-8(14)9-7-16-12(5,6)13(9)10(15)17-11(2,3)4/h8-9,14H,7H2,1-6H3/t8-,9?/m1/s1. The third-order valence-corrected chi connectivity index (χ3v) is 2.67. The number of nitrogens with zero attached hydrogens (tertiary/aromatic N) is 1. The molecule has 0 saturated carbocycles. The van der Waals surface area contributed by atoms with Gasteiger partial charge < -0.3 is 14.6 Å². The van der Waals surface area contributed by atoms with Crippen LogP contribution in [0.5, 0.6) is 0 Å². The number of aliphatic hydroxyl groups is 1. The van der Waals surface area contributed by atoms with Crippen LogP contribution in [0.2, 0.25) is 0 Å². The first-order chi connectivity index (χ1) is 7.54. The summed E-state index contributed by atoms with van der Waals surface area (Å²) in [6.45, 7) is 11.0. The van der Waals surface area contributed by atoms with Crippen molar-refractivity contribution in [3.05, 3.63) is 0 Å². The zero-order valence-corrected chi connectivity index (χ0v) is 11.5. The molecule has 0 aromatic heterocycles. The van der Waals surface area contributed by atoms with Crippen molar-refractivity contribution in [3.63, 3.8) is 0 Å². The molecule has 1 rings (SSSR count). The Morgan fingerprint density at radius 3 is 2.47 bits per heavy atom. The number of carbonyl (C=O) groups is 1. The number of ether oxygens (including phenoxy) is 2. The van der Waals surface area contributed by atoms with Gasteiger partial charge in [-0.05, 0) is 41.5 Å². The van der Waals surface area contributed by atoms with Gasteiger partial charge in [0.25, 0.3) is 0 Å². The van der Waals surface area contributed by atoms with Gasteiger partial charge in [0.15, 0.2) is 0 Å². The summed E-state index contributed by atoms with van der Waals surface area (Å²) in [5.41, 5.74) is -1.30. The van der Waals surface area contributed by atoms with Gasteiger partial charge in [-0.15, -0.1) is 0 Å². The monoisotopic (exact) mass is 245 g/mol. The van der Waals surface area contributed by atoms with E-state index in [1.807, 2.05) is 20.8 Å². The van der Waals surface area contributed by atoms with E-state index in [0.29, 0.717) is 6.61 Å². The molecule has 1 aliphatic rings. The van der Waals surface area contributed by atoms with Crippen LogP contribution >= 0.6 is 0 Å². The number of hydrogen-bond acceptors (Lipinski definition) is 4. The van der Waals surface area contributed by atoms with Gasteiger partial charge >= 0.3 is 6.09 Å². The fraction of sp³-hybridized carbons (Fsp3) is 0.917. The van der Waals surface area contributed by atoms with Crippen molar-refractivity contribution in [1.29, 1.82) is 0 Å². The van der Waals surface area contributed by atoms with Crippen LogP contribution < -0.4 is 0 Å². The molecule has 100 valence electrons. The summed E-state index contributed by atoms with van der Waals surface area (Å²) < 4.78 is 10.9. The van der Waals surface area contributed by atoms with Crippen LogP contribution in [-0.4, -0.2) is 46.2 Å². The number of amides is 1. The quantitative estimate of drug-likeness (QED) is 0.764. The molecule has 0 bridgehead atoms. The molecule has 17 heavy (non-hydrogen) atoms. The zero-order chi connectivity index (χ0) is 13.4. The van der Waals surface area contributed by atoms with Gasteiger partial charge in [-0.2, -0.15) is 0 Å². The van der Waals surface area contributed by atoms with Gasteiger partial charge in [0.1, 0.15) is 11.3 Å². The van der Waals surface area contributed by atoms with E-state index in [4.69, 9.17) is 9.47 Å². The van der Waals surface area contributed by atoms with Crippen LogP contribution in [-0.2, 0) is 9.47 Å². The third kappa shape index (κ3) is 3.33. The second kappa shape index (κ2) is 4.46. The molecular weight excluding hydrogens is 222 g/mol. The van der Waals surface area contributed by atoms with Crippen LogP contribution in [0, 0.1) is 0 Å². The summed E-state index contributed by atoms with van der Waals surface area (Å²) in [5, 5.41) is 9.67. The molecule has 1 fully saturated rings. The SMILES string of the molecule is C[C@@H](O)C1COC(C)(C)N1C(=O)OC(C)(C)C. The van der Waals surface area contributed by atoms with Crippen molar-refractivity contribution in [2.24, 2.45) is 0 Å². The lowest BCUT2D eigenvalue weighted by Crippen LogP contribution is -2.52. The highest BCUT2D eigenvalue weighted by Crippen LogP contribution is 2.30. The van der Waals surface area contributed by atoms with Crippen LogP contribution in [0.3, 0.4) is 0 Å². The third-order valence-electron chi connectivity index (χ3n) is 2.67. The summed E-state index contributed by atoms with van der Waals surface area (Å²) in [4.78, 5) is 13.6. The Morgan fingerprint density at radius 2 is 2.06 bits per heavy atom. The molecule has 0 aliphatic carbocycles. The van der Waals surface area contributed by atoms with Crippen LogP contribution in [0.15, 0.2) is 0 Å². The average molecular weight is 245 g/mol. The Labute approximate surface area is 103 Å². The molecule has 1 N–H and O–H groups in total. The van der Waals surface area contributed by atoms with Crippen molar-refractivity contribution in [2.75, 3.05) is 6.61 Å². The second-order valence-electron chi connectivity index (χ2n) is 5.92. The minimum absolute atomic E-state index is 0.323. The highest BCUT2D eigenvalue weighted by Gasteiger charge is 2.47. The lowest BCUT2D eigenvalue weighted by atomic mass is 10.1. The maximum Gasteiger partial charge on any atom is 0.412 e. The van der Waals surface area contributed by atoms with Crippen molar-refractivity contribution >= 4 is 6.09 Å². The lowest BCUT2D eigenvalue weighted by molar-refractivity contribution is -0.0670. The molecule has 1 unspecified atom stereocenters. The van der Waals surface area contributed by atoms with E-state index in [9.17, 15) is 9.90 Å². The first-order valence-electron chi connectivity index (χ1n) is 5.89. The van der Waals surface area contributed by atoms with Gasteiger partial charge in [0.05, 0.1) is 18.8 Å². The largest absolute Gasteiger partial charge is 0.444 e. The van der Waals surface area contributed by atoms with E-state index in [1.165, 1.54) is 4.90 Å². The highest BCUT2D eigenvalue weighted by atomic mass is 16.6. The molecule has 5 heteroatoms.